The fraction of sp³-hybridized carbons (Fsp3) is 0.889. The Morgan fingerprint density at radius 3 is 2.36 bits per heavy atom. The molecule has 14 heavy (non-hydrogen) atoms. The van der Waals surface area contributed by atoms with E-state index in [1.165, 1.54) is 38.5 Å². The third kappa shape index (κ3) is 5.21. The van der Waals surface area contributed by atoms with Crippen LogP contribution in [0.25, 0.3) is 0 Å². The monoisotopic (exact) mass is 214 g/mol. The summed E-state index contributed by atoms with van der Waals surface area (Å²) in [5.74, 6) is 1.85. The third-order valence-electron chi connectivity index (χ3n) is 2.20. The quantitative estimate of drug-likeness (QED) is 0.514. The molecular weight excluding hydrogens is 196 g/mol. The minimum absolute atomic E-state index is 0.834. The molecule has 1 rings (SSSR count). The van der Waals surface area contributed by atoms with Crippen molar-refractivity contribution in [1.29, 1.82) is 0 Å². The number of nitrogens with one attached hydrogen (secondary N) is 1. The second kappa shape index (κ2) is 7.79. The number of aromatic nitrogens is 4. The van der Waals surface area contributed by atoms with E-state index in [4.69, 9.17) is 0 Å². The van der Waals surface area contributed by atoms with Crippen LogP contribution >= 0.6 is 12.6 Å². The Labute approximate surface area is 90.3 Å². The fourth-order valence-corrected chi connectivity index (χ4v) is 1.61. The van der Waals surface area contributed by atoms with Crippen LogP contribution in [0.15, 0.2) is 0 Å². The van der Waals surface area contributed by atoms with Gasteiger partial charge in [0.15, 0.2) is 5.82 Å². The minimum atomic E-state index is 0.834. The van der Waals surface area contributed by atoms with Crippen LogP contribution in [0.2, 0.25) is 0 Å². The third-order valence-corrected chi connectivity index (χ3v) is 2.51. The molecule has 1 aromatic heterocycles. The molecular formula is C9H18N4S. The largest absolute Gasteiger partial charge is 0.179 e. The van der Waals surface area contributed by atoms with Gasteiger partial charge < -0.3 is 0 Å². The molecule has 0 saturated heterocycles. The molecule has 0 amide bonds. The van der Waals surface area contributed by atoms with Crippen molar-refractivity contribution >= 4 is 12.6 Å². The molecule has 4 nitrogen and oxygen atoms in total. The number of hydrogen-bond donors (Lipinski definition) is 2. The summed E-state index contributed by atoms with van der Waals surface area (Å²) in [6.45, 7) is 0. The average Bonchev–Trinajstić information content (AvgIpc) is 2.69. The molecule has 0 aliphatic rings. The second-order valence-electron chi connectivity index (χ2n) is 3.42. The van der Waals surface area contributed by atoms with Gasteiger partial charge in [0.2, 0.25) is 0 Å². The minimum Gasteiger partial charge on any atom is -0.179 e. The highest BCUT2D eigenvalue weighted by molar-refractivity contribution is 7.80. The summed E-state index contributed by atoms with van der Waals surface area (Å²) in [5, 5.41) is 13.8. The van der Waals surface area contributed by atoms with Crippen LogP contribution in [0, 0.1) is 0 Å². The molecule has 80 valence electrons. The standard InChI is InChI=1S/C9H18N4S/c14-8-6-4-2-1-3-5-7-9-10-12-13-11-9/h14H,1-8H2,(H,10,11,12,13). The zero-order valence-electron chi connectivity index (χ0n) is 8.45. The number of H-pyrrole nitrogens is 1. The van der Waals surface area contributed by atoms with Crippen molar-refractivity contribution in [3.63, 3.8) is 0 Å². The maximum absolute atomic E-state index is 4.18. The fourth-order valence-electron chi connectivity index (χ4n) is 1.39. The number of rotatable bonds is 8. The maximum Gasteiger partial charge on any atom is 0.174 e. The molecule has 0 spiro atoms. The lowest BCUT2D eigenvalue weighted by Gasteiger charge is -1.98. The van der Waals surface area contributed by atoms with Gasteiger partial charge in [0.25, 0.3) is 0 Å². The van der Waals surface area contributed by atoms with Crippen molar-refractivity contribution < 1.29 is 0 Å². The Balaban J connectivity index is 1.85. The number of tetrazole rings is 1. The first-order valence-electron chi connectivity index (χ1n) is 5.26. The van der Waals surface area contributed by atoms with Gasteiger partial charge in [0, 0.05) is 6.42 Å². The van der Waals surface area contributed by atoms with E-state index < -0.39 is 0 Å². The van der Waals surface area contributed by atoms with Crippen LogP contribution < -0.4 is 0 Å². The number of aromatic amines is 1. The SMILES string of the molecule is SCCCCCCCCc1nn[nH]n1. The molecule has 1 aromatic rings. The zero-order chi connectivity index (χ0) is 10.1. The molecule has 0 unspecified atom stereocenters. The molecule has 5 heteroatoms. The van der Waals surface area contributed by atoms with Gasteiger partial charge in [-0.3, -0.25) is 0 Å². The lowest BCUT2D eigenvalue weighted by molar-refractivity contribution is 0.603. The first-order chi connectivity index (χ1) is 6.93. The van der Waals surface area contributed by atoms with Gasteiger partial charge in [0.05, 0.1) is 0 Å². The summed E-state index contributed by atoms with van der Waals surface area (Å²) in [7, 11) is 0. The molecule has 0 aliphatic heterocycles. The number of aryl methyl sites for hydroxylation is 1. The van der Waals surface area contributed by atoms with E-state index in [9.17, 15) is 0 Å². The van der Waals surface area contributed by atoms with Crippen LogP contribution in [0.5, 0.6) is 0 Å². The Kier molecular flexibility index (Phi) is 6.40. The number of unbranched alkanes of at least 4 members (excludes halogenated alkanes) is 5. The molecule has 0 bridgehead atoms. The normalized spacial score (nSPS) is 10.6. The predicted octanol–water partition coefficient (Wildman–Crippen LogP) is 2.01. The zero-order valence-corrected chi connectivity index (χ0v) is 9.34. The first kappa shape index (κ1) is 11.5. The van der Waals surface area contributed by atoms with Crippen LogP contribution in [0.4, 0.5) is 0 Å². The van der Waals surface area contributed by atoms with E-state index in [0.29, 0.717) is 0 Å². The summed E-state index contributed by atoms with van der Waals surface area (Å²) in [5.41, 5.74) is 0. The summed E-state index contributed by atoms with van der Waals surface area (Å²) < 4.78 is 0. The van der Waals surface area contributed by atoms with Crippen molar-refractivity contribution in [3.05, 3.63) is 5.82 Å². The van der Waals surface area contributed by atoms with Crippen molar-refractivity contribution in [2.75, 3.05) is 5.75 Å². The molecule has 1 heterocycles. The van der Waals surface area contributed by atoms with E-state index in [2.05, 4.69) is 33.3 Å². The molecule has 0 atom stereocenters. The summed E-state index contributed by atoms with van der Waals surface area (Å²) in [6, 6.07) is 0. The van der Waals surface area contributed by atoms with E-state index in [0.717, 1.165) is 18.0 Å². The van der Waals surface area contributed by atoms with Crippen LogP contribution in [0.1, 0.15) is 44.3 Å². The first-order valence-corrected chi connectivity index (χ1v) is 5.90. The number of hydrogen-bond acceptors (Lipinski definition) is 4. The van der Waals surface area contributed by atoms with Gasteiger partial charge >= 0.3 is 0 Å². The summed E-state index contributed by atoms with van der Waals surface area (Å²) in [6.07, 6.45) is 8.57. The molecule has 0 aliphatic carbocycles. The highest BCUT2D eigenvalue weighted by Gasteiger charge is 1.97. The van der Waals surface area contributed by atoms with Crippen molar-refractivity contribution in [2.24, 2.45) is 0 Å². The second-order valence-corrected chi connectivity index (χ2v) is 3.87. The highest BCUT2D eigenvalue weighted by Crippen LogP contribution is 2.07. The number of thiol groups is 1. The molecule has 0 saturated carbocycles. The Bertz CT molecular complexity index is 213. The van der Waals surface area contributed by atoms with Gasteiger partial charge in [-0.15, -0.1) is 10.2 Å². The van der Waals surface area contributed by atoms with Gasteiger partial charge in [-0.2, -0.15) is 17.8 Å². The maximum atomic E-state index is 4.18. The van der Waals surface area contributed by atoms with Gasteiger partial charge in [0.1, 0.15) is 0 Å². The lowest BCUT2D eigenvalue weighted by Crippen LogP contribution is -1.89. The average molecular weight is 214 g/mol. The highest BCUT2D eigenvalue weighted by atomic mass is 32.1. The van der Waals surface area contributed by atoms with E-state index in [1.54, 1.807) is 0 Å². The van der Waals surface area contributed by atoms with Crippen molar-refractivity contribution in [2.45, 2.75) is 44.9 Å². The van der Waals surface area contributed by atoms with Crippen LogP contribution in [-0.4, -0.2) is 26.4 Å². The Morgan fingerprint density at radius 1 is 1.00 bits per heavy atom. The summed E-state index contributed by atoms with van der Waals surface area (Å²) >= 11 is 4.18. The number of nitrogens with zero attached hydrogens (tertiary/aromatic N) is 3. The predicted molar refractivity (Wildman–Crippen MR) is 59.4 cm³/mol. The van der Waals surface area contributed by atoms with E-state index in [-0.39, 0.29) is 0 Å². The van der Waals surface area contributed by atoms with Gasteiger partial charge in [-0.1, -0.05) is 30.9 Å². The Hall–Kier alpha value is -0.580. The molecule has 0 fully saturated rings. The van der Waals surface area contributed by atoms with E-state index >= 15 is 0 Å². The summed E-state index contributed by atoms with van der Waals surface area (Å²) in [4.78, 5) is 0. The van der Waals surface area contributed by atoms with Gasteiger partial charge in [-0.25, -0.2) is 0 Å². The van der Waals surface area contributed by atoms with Crippen LogP contribution in [-0.2, 0) is 6.42 Å². The smallest absolute Gasteiger partial charge is 0.174 e. The van der Waals surface area contributed by atoms with Crippen molar-refractivity contribution in [3.8, 4) is 0 Å². The van der Waals surface area contributed by atoms with Crippen molar-refractivity contribution in [1.82, 2.24) is 20.6 Å². The molecule has 0 aromatic carbocycles. The molecule has 0 radical (unpaired) electrons. The van der Waals surface area contributed by atoms with E-state index in [1.807, 2.05) is 0 Å². The molecule has 1 N–H and O–H groups in total. The van der Waals surface area contributed by atoms with Crippen LogP contribution in [0.3, 0.4) is 0 Å². The topological polar surface area (TPSA) is 54.5 Å². The lowest BCUT2D eigenvalue weighted by atomic mass is 10.1. The Morgan fingerprint density at radius 2 is 1.71 bits per heavy atom. The van der Waals surface area contributed by atoms with Gasteiger partial charge in [-0.05, 0) is 18.6 Å².